The first-order chi connectivity index (χ1) is 9.32. The van der Waals surface area contributed by atoms with Crippen molar-refractivity contribution in [1.82, 2.24) is 4.31 Å². The molecule has 0 aromatic heterocycles. The lowest BCUT2D eigenvalue weighted by molar-refractivity contribution is 0.250. The van der Waals surface area contributed by atoms with E-state index in [2.05, 4.69) is 0 Å². The van der Waals surface area contributed by atoms with Gasteiger partial charge in [-0.15, -0.1) is 0 Å². The molecule has 1 fully saturated rings. The topological polar surface area (TPSA) is 63.4 Å². The van der Waals surface area contributed by atoms with Crippen molar-refractivity contribution < 1.29 is 12.8 Å². The first-order valence-corrected chi connectivity index (χ1v) is 8.28. The lowest BCUT2D eigenvalue weighted by atomic mass is 9.92. The third-order valence-corrected chi connectivity index (χ3v) is 6.06. The van der Waals surface area contributed by atoms with Crippen LogP contribution in [0.5, 0.6) is 0 Å². The van der Waals surface area contributed by atoms with Gasteiger partial charge in [0.2, 0.25) is 10.0 Å². The quantitative estimate of drug-likeness (QED) is 0.927. The average Bonchev–Trinajstić information content (AvgIpc) is 2.38. The van der Waals surface area contributed by atoms with Crippen LogP contribution in [-0.2, 0) is 10.0 Å². The predicted octanol–water partition coefficient (Wildman–Crippen LogP) is 1.88. The molecule has 0 amide bonds. The van der Waals surface area contributed by atoms with Gasteiger partial charge in [0, 0.05) is 19.1 Å². The van der Waals surface area contributed by atoms with Crippen molar-refractivity contribution in [2.45, 2.75) is 37.6 Å². The lowest BCUT2D eigenvalue weighted by Gasteiger charge is -2.33. The zero-order valence-electron chi connectivity index (χ0n) is 11.8. The molecule has 6 heteroatoms. The van der Waals surface area contributed by atoms with E-state index < -0.39 is 15.8 Å². The van der Waals surface area contributed by atoms with Gasteiger partial charge in [-0.2, -0.15) is 4.31 Å². The van der Waals surface area contributed by atoms with Crippen LogP contribution in [0.25, 0.3) is 0 Å². The monoisotopic (exact) mass is 300 g/mol. The summed E-state index contributed by atoms with van der Waals surface area (Å²) in [4.78, 5) is 0.193. The average molecular weight is 300 g/mol. The van der Waals surface area contributed by atoms with Gasteiger partial charge in [0.25, 0.3) is 0 Å². The Morgan fingerprint density at radius 2 is 1.95 bits per heavy atom. The van der Waals surface area contributed by atoms with E-state index in [1.807, 2.05) is 6.92 Å². The molecule has 1 unspecified atom stereocenters. The third-order valence-electron chi connectivity index (χ3n) is 4.00. The summed E-state index contributed by atoms with van der Waals surface area (Å²) in [6.07, 6.45) is 1.55. The van der Waals surface area contributed by atoms with Crippen molar-refractivity contribution in [3.63, 3.8) is 0 Å². The summed E-state index contributed by atoms with van der Waals surface area (Å²) in [5, 5.41) is 0. The molecule has 0 radical (unpaired) electrons. The molecule has 1 atom stereocenters. The number of rotatable bonds is 3. The van der Waals surface area contributed by atoms with Crippen molar-refractivity contribution in [1.29, 1.82) is 0 Å². The zero-order valence-corrected chi connectivity index (χ0v) is 12.7. The van der Waals surface area contributed by atoms with E-state index in [0.29, 0.717) is 24.6 Å². The van der Waals surface area contributed by atoms with Gasteiger partial charge in [-0.05, 0) is 56.4 Å². The molecule has 1 aliphatic heterocycles. The molecule has 2 rings (SSSR count). The fraction of sp³-hybridized carbons (Fsp3) is 0.571. The summed E-state index contributed by atoms with van der Waals surface area (Å²) < 4.78 is 39.7. The van der Waals surface area contributed by atoms with Gasteiger partial charge in [0.1, 0.15) is 5.82 Å². The van der Waals surface area contributed by atoms with E-state index >= 15 is 0 Å². The van der Waals surface area contributed by atoms with E-state index in [1.54, 1.807) is 6.92 Å². The van der Waals surface area contributed by atoms with Gasteiger partial charge in [0.15, 0.2) is 0 Å². The van der Waals surface area contributed by atoms with Crippen LogP contribution < -0.4 is 5.73 Å². The first-order valence-electron chi connectivity index (χ1n) is 6.84. The van der Waals surface area contributed by atoms with Crippen LogP contribution >= 0.6 is 0 Å². The minimum Gasteiger partial charge on any atom is -0.328 e. The SMILES string of the molecule is Cc1cc(F)ccc1S(=O)(=O)N1CCC(C(C)N)CC1. The Bertz CT molecular complexity index is 579. The van der Waals surface area contributed by atoms with Crippen LogP contribution in [-0.4, -0.2) is 31.9 Å². The molecular formula is C14H21FN2O2S. The van der Waals surface area contributed by atoms with E-state index in [0.717, 1.165) is 12.8 Å². The minimum atomic E-state index is -3.53. The van der Waals surface area contributed by atoms with Gasteiger partial charge in [0.05, 0.1) is 4.90 Å². The number of hydrogen-bond donors (Lipinski definition) is 1. The number of benzene rings is 1. The summed E-state index contributed by atoms with van der Waals surface area (Å²) in [7, 11) is -3.53. The molecule has 0 bridgehead atoms. The highest BCUT2D eigenvalue weighted by Gasteiger charge is 2.31. The second kappa shape index (κ2) is 5.79. The minimum absolute atomic E-state index is 0.0902. The van der Waals surface area contributed by atoms with Crippen LogP contribution in [0.15, 0.2) is 23.1 Å². The van der Waals surface area contributed by atoms with Gasteiger partial charge in [-0.3, -0.25) is 0 Å². The molecule has 0 spiro atoms. The molecular weight excluding hydrogens is 279 g/mol. The standard InChI is InChI=1S/C14H21FN2O2S/c1-10-9-13(15)3-4-14(10)20(18,19)17-7-5-12(6-8-17)11(2)16/h3-4,9,11-12H,5-8,16H2,1-2H3. The number of piperidine rings is 1. The maximum absolute atomic E-state index is 13.1. The Morgan fingerprint density at radius 1 is 1.35 bits per heavy atom. The van der Waals surface area contributed by atoms with Crippen molar-refractivity contribution >= 4 is 10.0 Å². The number of aryl methyl sites for hydroxylation is 1. The summed E-state index contributed by atoms with van der Waals surface area (Å²) in [6, 6.07) is 3.88. The van der Waals surface area contributed by atoms with Gasteiger partial charge >= 0.3 is 0 Å². The van der Waals surface area contributed by atoms with E-state index in [9.17, 15) is 12.8 Å². The van der Waals surface area contributed by atoms with Crippen LogP contribution in [0.2, 0.25) is 0 Å². The summed E-state index contributed by atoms with van der Waals surface area (Å²) in [5.41, 5.74) is 6.31. The smallest absolute Gasteiger partial charge is 0.243 e. The molecule has 1 heterocycles. The molecule has 0 aliphatic carbocycles. The Hall–Kier alpha value is -0.980. The Labute approximate surface area is 119 Å². The predicted molar refractivity (Wildman–Crippen MR) is 76.3 cm³/mol. The molecule has 4 nitrogen and oxygen atoms in total. The van der Waals surface area contributed by atoms with E-state index in [-0.39, 0.29) is 10.9 Å². The number of hydrogen-bond acceptors (Lipinski definition) is 3. The normalized spacial score (nSPS) is 20.0. The number of halogens is 1. The Balaban J connectivity index is 2.20. The Kier molecular flexibility index (Phi) is 4.46. The second-order valence-electron chi connectivity index (χ2n) is 5.51. The van der Waals surface area contributed by atoms with Crippen LogP contribution in [0, 0.1) is 18.7 Å². The van der Waals surface area contributed by atoms with Crippen LogP contribution in [0.3, 0.4) is 0 Å². The zero-order chi connectivity index (χ0) is 14.9. The molecule has 1 aromatic rings. The lowest BCUT2D eigenvalue weighted by Crippen LogP contribution is -2.42. The number of nitrogens with two attached hydrogens (primary N) is 1. The maximum atomic E-state index is 13.1. The van der Waals surface area contributed by atoms with Gasteiger partial charge < -0.3 is 5.73 Å². The highest BCUT2D eigenvalue weighted by atomic mass is 32.2. The molecule has 2 N–H and O–H groups in total. The third kappa shape index (κ3) is 3.02. The first kappa shape index (κ1) is 15.4. The fourth-order valence-corrected chi connectivity index (χ4v) is 4.36. The van der Waals surface area contributed by atoms with Crippen molar-refractivity contribution in [2.75, 3.05) is 13.1 Å². The molecule has 1 aliphatic rings. The summed E-state index contributed by atoms with van der Waals surface area (Å²) >= 11 is 0. The molecule has 1 saturated heterocycles. The van der Waals surface area contributed by atoms with Crippen LogP contribution in [0.4, 0.5) is 4.39 Å². The van der Waals surface area contributed by atoms with Gasteiger partial charge in [-0.25, -0.2) is 12.8 Å². The van der Waals surface area contributed by atoms with Gasteiger partial charge in [-0.1, -0.05) is 0 Å². The van der Waals surface area contributed by atoms with Crippen molar-refractivity contribution in [3.8, 4) is 0 Å². The Morgan fingerprint density at radius 3 is 2.45 bits per heavy atom. The number of sulfonamides is 1. The molecule has 112 valence electrons. The highest BCUT2D eigenvalue weighted by Crippen LogP contribution is 2.26. The van der Waals surface area contributed by atoms with Crippen molar-refractivity contribution in [3.05, 3.63) is 29.6 Å². The van der Waals surface area contributed by atoms with Crippen LogP contribution in [0.1, 0.15) is 25.3 Å². The molecule has 1 aromatic carbocycles. The van der Waals surface area contributed by atoms with E-state index in [4.69, 9.17) is 5.73 Å². The summed E-state index contributed by atoms with van der Waals surface area (Å²) in [5.74, 6) is -0.0483. The maximum Gasteiger partial charge on any atom is 0.243 e. The van der Waals surface area contributed by atoms with E-state index in [1.165, 1.54) is 22.5 Å². The molecule has 0 saturated carbocycles. The highest BCUT2D eigenvalue weighted by molar-refractivity contribution is 7.89. The molecule has 20 heavy (non-hydrogen) atoms. The number of nitrogens with zero attached hydrogens (tertiary/aromatic N) is 1. The largest absolute Gasteiger partial charge is 0.328 e. The fourth-order valence-electron chi connectivity index (χ4n) is 2.68. The summed E-state index contributed by atoms with van der Waals surface area (Å²) in [6.45, 7) is 4.53. The van der Waals surface area contributed by atoms with Crippen molar-refractivity contribution in [2.24, 2.45) is 11.7 Å². The second-order valence-corrected chi connectivity index (χ2v) is 7.42.